The molecule has 2 unspecified atom stereocenters. The third-order valence-corrected chi connectivity index (χ3v) is 3.53. The Bertz CT molecular complexity index is 467. The largest absolute Gasteiger partial charge is 0.481 e. The van der Waals surface area contributed by atoms with Crippen LogP contribution < -0.4 is 5.32 Å². The van der Waals surface area contributed by atoms with Crippen molar-refractivity contribution in [2.75, 3.05) is 6.54 Å². The maximum Gasteiger partial charge on any atom is 0.307 e. The molecule has 0 spiro atoms. The Morgan fingerprint density at radius 1 is 1.41 bits per heavy atom. The van der Waals surface area contributed by atoms with Crippen molar-refractivity contribution in [1.29, 1.82) is 0 Å². The lowest BCUT2D eigenvalue weighted by atomic mass is 9.99. The van der Waals surface area contributed by atoms with E-state index in [4.69, 9.17) is 28.3 Å². The molecule has 1 aromatic rings. The van der Waals surface area contributed by atoms with Crippen molar-refractivity contribution in [2.24, 2.45) is 5.92 Å². The van der Waals surface area contributed by atoms with Gasteiger partial charge in [-0.15, -0.1) is 0 Å². The van der Waals surface area contributed by atoms with Gasteiger partial charge in [0.2, 0.25) is 0 Å². The molecule has 1 fully saturated rings. The van der Waals surface area contributed by atoms with E-state index in [0.29, 0.717) is 13.0 Å². The van der Waals surface area contributed by atoms with Gasteiger partial charge in [-0.2, -0.15) is 0 Å². The molecule has 2 N–H and O–H groups in total. The topological polar surface area (TPSA) is 49.3 Å². The molecule has 0 amide bonds. The summed E-state index contributed by atoms with van der Waals surface area (Å²) in [7, 11) is 0. The number of carboxylic acids is 1. The van der Waals surface area contributed by atoms with Crippen molar-refractivity contribution in [3.63, 3.8) is 0 Å². The quantitative estimate of drug-likeness (QED) is 0.818. The molecule has 3 nitrogen and oxygen atoms in total. The van der Waals surface area contributed by atoms with Crippen molar-refractivity contribution in [1.82, 2.24) is 5.32 Å². The van der Waals surface area contributed by atoms with Crippen LogP contribution in [0.4, 0.5) is 4.39 Å². The third-order valence-electron chi connectivity index (χ3n) is 2.91. The van der Waals surface area contributed by atoms with E-state index < -0.39 is 23.7 Å². The normalized spacial score (nSPS) is 23.9. The molecule has 0 radical (unpaired) electrons. The number of benzene rings is 1. The summed E-state index contributed by atoms with van der Waals surface area (Å²) in [4.78, 5) is 10.8. The predicted octanol–water partition coefficient (Wildman–Crippen LogP) is 2.87. The van der Waals surface area contributed by atoms with E-state index in [2.05, 4.69) is 5.32 Å². The zero-order valence-electron chi connectivity index (χ0n) is 8.71. The van der Waals surface area contributed by atoms with Crippen LogP contribution in [0.3, 0.4) is 0 Å². The number of nitrogens with one attached hydrogen (secondary N) is 1. The standard InChI is InChI=1S/C11H10Cl2FNO2/c12-6-1-2-7(13)10(14)9(6)8-3-5(4-15-8)11(16)17/h1-2,5,8,15H,3-4H2,(H,16,17). The lowest BCUT2D eigenvalue weighted by molar-refractivity contribution is -0.141. The monoisotopic (exact) mass is 277 g/mol. The average molecular weight is 278 g/mol. The second-order valence-electron chi connectivity index (χ2n) is 3.99. The van der Waals surface area contributed by atoms with Crippen LogP contribution in [-0.4, -0.2) is 17.6 Å². The second kappa shape index (κ2) is 4.80. The van der Waals surface area contributed by atoms with Gasteiger partial charge in [0.25, 0.3) is 0 Å². The molecule has 6 heteroatoms. The summed E-state index contributed by atoms with van der Waals surface area (Å²) in [5.74, 6) is -1.99. The fraction of sp³-hybridized carbons (Fsp3) is 0.364. The number of hydrogen-bond donors (Lipinski definition) is 2. The van der Waals surface area contributed by atoms with Crippen molar-refractivity contribution in [3.05, 3.63) is 33.6 Å². The summed E-state index contributed by atoms with van der Waals surface area (Å²) in [5, 5.41) is 12.1. The van der Waals surface area contributed by atoms with Crippen LogP contribution in [-0.2, 0) is 4.79 Å². The number of hydrogen-bond acceptors (Lipinski definition) is 2. The highest BCUT2D eigenvalue weighted by atomic mass is 35.5. The Morgan fingerprint density at radius 2 is 2.06 bits per heavy atom. The molecule has 1 aromatic carbocycles. The Morgan fingerprint density at radius 3 is 2.65 bits per heavy atom. The minimum absolute atomic E-state index is 0.00928. The molecule has 1 heterocycles. The van der Waals surface area contributed by atoms with Gasteiger partial charge in [-0.05, 0) is 18.6 Å². The molecule has 0 bridgehead atoms. The SMILES string of the molecule is O=C(O)C1CNC(c2c(Cl)ccc(Cl)c2F)C1. The summed E-state index contributed by atoms with van der Waals surface area (Å²) in [6.07, 6.45) is 0.312. The van der Waals surface area contributed by atoms with E-state index in [1.807, 2.05) is 0 Å². The Kier molecular flexibility index (Phi) is 3.56. The molecule has 0 aromatic heterocycles. The Labute approximate surface area is 108 Å². The van der Waals surface area contributed by atoms with Gasteiger partial charge in [0.05, 0.1) is 10.9 Å². The van der Waals surface area contributed by atoms with E-state index in [-0.39, 0.29) is 15.6 Å². The highest BCUT2D eigenvalue weighted by Crippen LogP contribution is 2.36. The van der Waals surface area contributed by atoms with Crippen LogP contribution in [0.5, 0.6) is 0 Å². The van der Waals surface area contributed by atoms with Gasteiger partial charge >= 0.3 is 5.97 Å². The van der Waals surface area contributed by atoms with E-state index in [9.17, 15) is 9.18 Å². The summed E-state index contributed by atoms with van der Waals surface area (Å²) in [6, 6.07) is 2.49. The molecule has 17 heavy (non-hydrogen) atoms. The highest BCUT2D eigenvalue weighted by Gasteiger charge is 2.33. The van der Waals surface area contributed by atoms with Gasteiger partial charge in [0, 0.05) is 23.2 Å². The first-order valence-electron chi connectivity index (χ1n) is 5.10. The van der Waals surface area contributed by atoms with Crippen molar-refractivity contribution in [2.45, 2.75) is 12.5 Å². The van der Waals surface area contributed by atoms with Gasteiger partial charge in [0.1, 0.15) is 5.82 Å². The van der Waals surface area contributed by atoms with Crippen LogP contribution in [0.25, 0.3) is 0 Å². The number of halogens is 3. The molecule has 2 rings (SSSR count). The van der Waals surface area contributed by atoms with Crippen molar-refractivity contribution < 1.29 is 14.3 Å². The average Bonchev–Trinajstić information content (AvgIpc) is 2.73. The molecule has 2 atom stereocenters. The van der Waals surface area contributed by atoms with E-state index >= 15 is 0 Å². The first kappa shape index (κ1) is 12.6. The molecule has 0 saturated carbocycles. The van der Waals surface area contributed by atoms with Gasteiger partial charge in [-0.25, -0.2) is 4.39 Å². The lowest BCUT2D eigenvalue weighted by Gasteiger charge is -2.14. The number of rotatable bonds is 2. The summed E-state index contributed by atoms with van der Waals surface area (Å²) < 4.78 is 13.8. The van der Waals surface area contributed by atoms with Crippen molar-refractivity contribution in [3.8, 4) is 0 Å². The maximum absolute atomic E-state index is 13.8. The van der Waals surface area contributed by atoms with Crippen LogP contribution in [0.15, 0.2) is 12.1 Å². The maximum atomic E-state index is 13.8. The van der Waals surface area contributed by atoms with E-state index in [0.717, 1.165) is 0 Å². The predicted molar refractivity (Wildman–Crippen MR) is 62.9 cm³/mol. The third kappa shape index (κ3) is 2.39. The molecule has 0 aliphatic carbocycles. The number of carboxylic acid groups (broad SMARTS) is 1. The number of carbonyl (C=O) groups is 1. The molecule has 92 valence electrons. The first-order valence-corrected chi connectivity index (χ1v) is 5.86. The minimum atomic E-state index is -0.890. The minimum Gasteiger partial charge on any atom is -0.481 e. The smallest absolute Gasteiger partial charge is 0.307 e. The van der Waals surface area contributed by atoms with Gasteiger partial charge in [-0.3, -0.25) is 4.79 Å². The van der Waals surface area contributed by atoms with Crippen molar-refractivity contribution >= 4 is 29.2 Å². The molecular formula is C11H10Cl2FNO2. The summed E-state index contributed by atoms with van der Waals surface area (Å²) in [6.45, 7) is 0.308. The second-order valence-corrected chi connectivity index (χ2v) is 4.80. The van der Waals surface area contributed by atoms with Gasteiger partial charge < -0.3 is 10.4 Å². The van der Waals surface area contributed by atoms with Crippen LogP contribution >= 0.6 is 23.2 Å². The highest BCUT2D eigenvalue weighted by molar-refractivity contribution is 6.33. The number of aliphatic carboxylic acids is 1. The Balaban J connectivity index is 2.30. The zero-order chi connectivity index (χ0) is 12.6. The summed E-state index contributed by atoms with van der Waals surface area (Å²) >= 11 is 11.6. The Hall–Kier alpha value is -0.840. The fourth-order valence-electron chi connectivity index (χ4n) is 2.01. The van der Waals surface area contributed by atoms with Gasteiger partial charge in [-0.1, -0.05) is 23.2 Å². The van der Waals surface area contributed by atoms with Crippen LogP contribution in [0, 0.1) is 11.7 Å². The first-order chi connectivity index (χ1) is 8.00. The molecule has 1 saturated heterocycles. The van der Waals surface area contributed by atoms with Crippen LogP contribution in [0.1, 0.15) is 18.0 Å². The van der Waals surface area contributed by atoms with Crippen LogP contribution in [0.2, 0.25) is 10.0 Å². The lowest BCUT2D eigenvalue weighted by Crippen LogP contribution is -2.18. The molecule has 1 aliphatic heterocycles. The van der Waals surface area contributed by atoms with E-state index in [1.54, 1.807) is 0 Å². The zero-order valence-corrected chi connectivity index (χ0v) is 10.2. The summed E-state index contributed by atoms with van der Waals surface area (Å²) in [5.41, 5.74) is 0.253. The molecular weight excluding hydrogens is 268 g/mol. The fourth-order valence-corrected chi connectivity index (χ4v) is 2.45. The van der Waals surface area contributed by atoms with E-state index in [1.165, 1.54) is 12.1 Å². The van der Waals surface area contributed by atoms with Gasteiger partial charge in [0.15, 0.2) is 0 Å². The molecule has 1 aliphatic rings.